The topological polar surface area (TPSA) is 0 Å². The summed E-state index contributed by atoms with van der Waals surface area (Å²) < 4.78 is 0.147. The summed E-state index contributed by atoms with van der Waals surface area (Å²) >= 11 is 22.3. The molecule has 0 saturated carbocycles. The lowest BCUT2D eigenvalue weighted by Gasteiger charge is -2.18. The molecule has 0 rings (SSSR count). The number of alkyl halides is 2. The summed E-state index contributed by atoms with van der Waals surface area (Å²) in [7, 11) is 0. The van der Waals surface area contributed by atoms with E-state index in [2.05, 4.69) is 0 Å². The summed E-state index contributed by atoms with van der Waals surface area (Å²) in [5.74, 6) is 0. The van der Waals surface area contributed by atoms with Gasteiger partial charge < -0.3 is 0 Å². The van der Waals surface area contributed by atoms with Gasteiger partial charge in [-0.15, -0.1) is 23.2 Å². The summed E-state index contributed by atoms with van der Waals surface area (Å²) in [6, 6.07) is 0. The second-order valence-corrected chi connectivity index (χ2v) is 4.87. The first-order valence-corrected chi connectivity index (χ1v) is 4.27. The molecule has 0 nitrogen and oxygen atoms in total. The summed E-state index contributed by atoms with van der Waals surface area (Å²) in [5, 5.41) is -0.348. The van der Waals surface area contributed by atoms with E-state index in [1.54, 1.807) is 13.8 Å². The van der Waals surface area contributed by atoms with Crippen LogP contribution in [0.2, 0.25) is 0 Å². The van der Waals surface area contributed by atoms with Crippen LogP contribution in [0.1, 0.15) is 13.8 Å². The second kappa shape index (κ2) is 4.06. The summed E-state index contributed by atoms with van der Waals surface area (Å²) in [6.07, 6.45) is 1.50. The van der Waals surface area contributed by atoms with Crippen LogP contribution in [0, 0.1) is 0 Å². The van der Waals surface area contributed by atoms with Gasteiger partial charge in [0.05, 0.1) is 10.3 Å². The predicted octanol–water partition coefficient (Wildman–Crippen LogP) is 3.93. The van der Waals surface area contributed by atoms with Crippen molar-refractivity contribution in [1.29, 1.82) is 0 Å². The zero-order valence-corrected chi connectivity index (χ0v) is 8.69. The summed E-state index contributed by atoms with van der Waals surface area (Å²) in [6.45, 7) is 3.58. The second-order valence-electron chi connectivity index (χ2n) is 2.42. The van der Waals surface area contributed by atoms with E-state index in [1.165, 1.54) is 6.08 Å². The van der Waals surface area contributed by atoms with Gasteiger partial charge in [0.15, 0.2) is 0 Å². The average molecular weight is 222 g/mol. The highest BCUT2D eigenvalue weighted by Crippen LogP contribution is 2.26. The van der Waals surface area contributed by atoms with Gasteiger partial charge in [-0.05, 0) is 19.9 Å². The zero-order chi connectivity index (χ0) is 8.36. The Hall–Kier alpha value is 0.900. The van der Waals surface area contributed by atoms with Gasteiger partial charge in [0.25, 0.3) is 0 Å². The van der Waals surface area contributed by atoms with Crippen LogP contribution >= 0.6 is 46.4 Å². The molecule has 0 aromatic carbocycles. The van der Waals surface area contributed by atoms with E-state index in [0.717, 1.165) is 0 Å². The van der Waals surface area contributed by atoms with Crippen molar-refractivity contribution in [3.8, 4) is 0 Å². The van der Waals surface area contributed by atoms with Gasteiger partial charge in [0.1, 0.15) is 4.49 Å². The molecule has 0 aliphatic heterocycles. The fourth-order valence-corrected chi connectivity index (χ4v) is 0.879. The third kappa shape index (κ3) is 4.68. The van der Waals surface area contributed by atoms with Crippen LogP contribution in [0.25, 0.3) is 0 Å². The molecule has 0 bridgehead atoms. The quantitative estimate of drug-likeness (QED) is 0.620. The third-order valence-corrected chi connectivity index (χ3v) is 2.20. The first-order valence-electron chi connectivity index (χ1n) is 2.70. The Morgan fingerprint density at radius 3 is 1.90 bits per heavy atom. The molecule has 0 aliphatic carbocycles. The Kier molecular flexibility index (Phi) is 4.42. The minimum atomic E-state index is -0.517. The highest BCUT2D eigenvalue weighted by molar-refractivity contribution is 6.56. The molecular weight excluding hydrogens is 214 g/mol. The SMILES string of the molecule is CC(C)(Cl)C(Cl)C=C(Cl)Cl. The van der Waals surface area contributed by atoms with Gasteiger partial charge in [-0.1, -0.05) is 23.2 Å². The maximum Gasteiger partial charge on any atom is 0.104 e. The summed E-state index contributed by atoms with van der Waals surface area (Å²) in [4.78, 5) is -0.517. The Bertz CT molecular complexity index is 129. The molecule has 0 aromatic heterocycles. The molecule has 0 aliphatic rings. The van der Waals surface area contributed by atoms with E-state index in [-0.39, 0.29) is 9.87 Å². The molecule has 4 heteroatoms. The van der Waals surface area contributed by atoms with Crippen LogP contribution in [0.5, 0.6) is 0 Å². The molecule has 0 N–H and O–H groups in total. The lowest BCUT2D eigenvalue weighted by atomic mass is 10.1. The van der Waals surface area contributed by atoms with Gasteiger partial charge in [0.2, 0.25) is 0 Å². The van der Waals surface area contributed by atoms with Crippen molar-refractivity contribution in [3.05, 3.63) is 10.6 Å². The largest absolute Gasteiger partial charge is 0.118 e. The first-order chi connectivity index (χ1) is 4.34. The Labute approximate surface area is 81.1 Å². The predicted molar refractivity (Wildman–Crippen MR) is 49.4 cm³/mol. The van der Waals surface area contributed by atoms with Crippen LogP contribution in [0.15, 0.2) is 10.6 Å². The molecule has 60 valence electrons. The van der Waals surface area contributed by atoms with Gasteiger partial charge in [-0.3, -0.25) is 0 Å². The lowest BCUT2D eigenvalue weighted by molar-refractivity contribution is 0.719. The zero-order valence-electron chi connectivity index (χ0n) is 5.67. The maximum absolute atomic E-state index is 5.83. The van der Waals surface area contributed by atoms with Gasteiger partial charge in [-0.2, -0.15) is 0 Å². The minimum absolute atomic E-state index is 0.147. The molecule has 0 radical (unpaired) electrons. The number of hydrogen-bond acceptors (Lipinski definition) is 0. The monoisotopic (exact) mass is 220 g/mol. The lowest BCUT2D eigenvalue weighted by Crippen LogP contribution is -2.22. The van der Waals surface area contributed by atoms with Gasteiger partial charge in [0, 0.05) is 0 Å². The number of allylic oxidation sites excluding steroid dienone is 1. The van der Waals surface area contributed by atoms with Crippen molar-refractivity contribution in [1.82, 2.24) is 0 Å². The van der Waals surface area contributed by atoms with Crippen molar-refractivity contribution >= 4 is 46.4 Å². The van der Waals surface area contributed by atoms with Gasteiger partial charge >= 0.3 is 0 Å². The fraction of sp³-hybridized carbons (Fsp3) is 0.667. The van der Waals surface area contributed by atoms with E-state index >= 15 is 0 Å². The third-order valence-electron chi connectivity index (χ3n) is 0.928. The standard InChI is InChI=1S/C6H8Cl4/c1-6(2,10)4(7)3-5(8)9/h3-4H,1-2H3. The molecule has 10 heavy (non-hydrogen) atoms. The fourth-order valence-electron chi connectivity index (χ4n) is 0.309. The van der Waals surface area contributed by atoms with E-state index < -0.39 is 4.87 Å². The average Bonchev–Trinajstić information content (AvgIpc) is 1.60. The Balaban J connectivity index is 4.11. The molecule has 0 aromatic rings. The highest BCUT2D eigenvalue weighted by Gasteiger charge is 2.22. The minimum Gasteiger partial charge on any atom is -0.118 e. The van der Waals surface area contributed by atoms with Crippen molar-refractivity contribution < 1.29 is 0 Å². The maximum atomic E-state index is 5.83. The van der Waals surface area contributed by atoms with Crippen molar-refractivity contribution in [2.75, 3.05) is 0 Å². The molecule has 0 spiro atoms. The molecule has 1 unspecified atom stereocenters. The molecule has 0 fully saturated rings. The van der Waals surface area contributed by atoms with Gasteiger partial charge in [-0.25, -0.2) is 0 Å². The Morgan fingerprint density at radius 2 is 1.80 bits per heavy atom. The van der Waals surface area contributed by atoms with E-state index in [0.29, 0.717) is 0 Å². The van der Waals surface area contributed by atoms with E-state index in [1.807, 2.05) is 0 Å². The van der Waals surface area contributed by atoms with Crippen LogP contribution in [0.3, 0.4) is 0 Å². The number of hydrogen-bond donors (Lipinski definition) is 0. The molecule has 0 saturated heterocycles. The Morgan fingerprint density at radius 1 is 1.40 bits per heavy atom. The molecule has 0 amide bonds. The number of rotatable bonds is 2. The van der Waals surface area contributed by atoms with Crippen LogP contribution in [-0.2, 0) is 0 Å². The van der Waals surface area contributed by atoms with E-state index in [4.69, 9.17) is 46.4 Å². The van der Waals surface area contributed by atoms with Crippen LogP contribution in [-0.4, -0.2) is 10.3 Å². The van der Waals surface area contributed by atoms with Crippen molar-refractivity contribution in [3.63, 3.8) is 0 Å². The highest BCUT2D eigenvalue weighted by atomic mass is 35.5. The molecule has 1 atom stereocenters. The van der Waals surface area contributed by atoms with Crippen molar-refractivity contribution in [2.24, 2.45) is 0 Å². The summed E-state index contributed by atoms with van der Waals surface area (Å²) in [5.41, 5.74) is 0. The van der Waals surface area contributed by atoms with Crippen molar-refractivity contribution in [2.45, 2.75) is 24.1 Å². The normalized spacial score (nSPS) is 14.6. The van der Waals surface area contributed by atoms with Crippen LogP contribution < -0.4 is 0 Å². The first kappa shape index (κ1) is 10.9. The van der Waals surface area contributed by atoms with Crippen LogP contribution in [0.4, 0.5) is 0 Å². The smallest absolute Gasteiger partial charge is 0.104 e. The molecule has 0 heterocycles. The molecular formula is C6H8Cl4. The number of halogens is 4. The van der Waals surface area contributed by atoms with E-state index in [9.17, 15) is 0 Å².